The van der Waals surface area contributed by atoms with Gasteiger partial charge in [0.1, 0.15) is 12.6 Å². The van der Waals surface area contributed by atoms with E-state index in [1.54, 1.807) is 5.01 Å². The minimum absolute atomic E-state index is 0.0301. The first-order valence-corrected chi connectivity index (χ1v) is 11.3. The number of Topliss-reactive ketones (excluding diaryl/α,β-unsaturated/α-hetero) is 1. The highest BCUT2D eigenvalue weighted by atomic mass is 16.6. The summed E-state index contributed by atoms with van der Waals surface area (Å²) in [5.41, 5.74) is 2.18. The van der Waals surface area contributed by atoms with Gasteiger partial charge in [0.2, 0.25) is 0 Å². The summed E-state index contributed by atoms with van der Waals surface area (Å²) in [7, 11) is 0. The molecule has 158 valence electrons. The molecule has 1 aromatic rings. The first-order valence-electron chi connectivity index (χ1n) is 11.3. The SMILES string of the molecule is O=C1CC2(CCNCC2)CC2=CN(C34CC(C3)C4)N(C(=O)OCc3ccccc3)C12. The van der Waals surface area contributed by atoms with Crippen molar-refractivity contribution in [3.8, 4) is 0 Å². The molecule has 4 aliphatic carbocycles. The zero-order chi connectivity index (χ0) is 20.3. The van der Waals surface area contributed by atoms with E-state index in [1.807, 2.05) is 30.3 Å². The number of rotatable bonds is 3. The summed E-state index contributed by atoms with van der Waals surface area (Å²) < 4.78 is 5.71. The largest absolute Gasteiger partial charge is 0.443 e. The first-order chi connectivity index (χ1) is 14.6. The van der Waals surface area contributed by atoms with Crippen LogP contribution in [-0.4, -0.2) is 46.6 Å². The Labute approximate surface area is 177 Å². The second-order valence-electron chi connectivity index (χ2n) is 10.1. The molecule has 0 aromatic heterocycles. The van der Waals surface area contributed by atoms with Crippen molar-refractivity contribution in [2.75, 3.05) is 13.1 Å². The average Bonchev–Trinajstić information content (AvgIpc) is 3.04. The van der Waals surface area contributed by atoms with Crippen molar-refractivity contribution in [3.63, 3.8) is 0 Å². The van der Waals surface area contributed by atoms with Gasteiger partial charge >= 0.3 is 6.09 Å². The van der Waals surface area contributed by atoms with Crippen LogP contribution in [0.1, 0.15) is 50.5 Å². The van der Waals surface area contributed by atoms with E-state index >= 15 is 0 Å². The van der Waals surface area contributed by atoms with Crippen LogP contribution in [0, 0.1) is 11.3 Å². The van der Waals surface area contributed by atoms with Gasteiger partial charge in [0, 0.05) is 12.6 Å². The minimum Gasteiger partial charge on any atom is -0.443 e. The number of hydrogen-bond donors (Lipinski definition) is 1. The molecule has 6 heteroatoms. The normalized spacial score (nSPS) is 33.5. The maximum atomic E-state index is 13.4. The minimum atomic E-state index is -0.470. The Bertz CT molecular complexity index is 889. The van der Waals surface area contributed by atoms with E-state index in [4.69, 9.17) is 4.74 Å². The zero-order valence-electron chi connectivity index (χ0n) is 17.3. The van der Waals surface area contributed by atoms with Gasteiger partial charge in [-0.15, -0.1) is 0 Å². The average molecular weight is 408 g/mol. The standard InChI is InChI=1S/C24H29N3O3/c28-20-14-23(6-8-25-9-7-23)13-19-15-26(24-10-18(11-24)12-24)27(21(19)20)22(29)30-16-17-4-2-1-3-5-17/h1-5,15,18,21,25H,6-14,16H2. The number of hydrazine groups is 1. The van der Waals surface area contributed by atoms with Crippen LogP contribution in [0.4, 0.5) is 4.79 Å². The summed E-state index contributed by atoms with van der Waals surface area (Å²) in [6, 6.07) is 9.26. The van der Waals surface area contributed by atoms with Gasteiger partial charge in [-0.1, -0.05) is 30.3 Å². The molecule has 1 spiro atoms. The molecule has 1 aromatic carbocycles. The summed E-state index contributed by atoms with van der Waals surface area (Å²) in [5.74, 6) is 0.972. The van der Waals surface area contributed by atoms with E-state index < -0.39 is 12.1 Å². The van der Waals surface area contributed by atoms with Crippen LogP contribution in [0.3, 0.4) is 0 Å². The van der Waals surface area contributed by atoms with Gasteiger partial charge in [-0.2, -0.15) is 0 Å². The van der Waals surface area contributed by atoms with Gasteiger partial charge in [-0.25, -0.2) is 9.80 Å². The number of ketones is 1. The fraction of sp³-hybridized carbons (Fsp3) is 0.583. The van der Waals surface area contributed by atoms with Gasteiger partial charge in [-0.05, 0) is 74.1 Å². The topological polar surface area (TPSA) is 61.9 Å². The van der Waals surface area contributed by atoms with Crippen molar-refractivity contribution in [1.82, 2.24) is 15.3 Å². The van der Waals surface area contributed by atoms with Crippen molar-refractivity contribution in [3.05, 3.63) is 47.7 Å². The Morgan fingerprint density at radius 1 is 1.10 bits per heavy atom. The van der Waals surface area contributed by atoms with Crippen molar-refractivity contribution < 1.29 is 14.3 Å². The predicted molar refractivity (Wildman–Crippen MR) is 111 cm³/mol. The molecule has 1 amide bonds. The number of ether oxygens (including phenoxy) is 1. The number of benzene rings is 1. The Balaban J connectivity index is 1.26. The van der Waals surface area contributed by atoms with Crippen molar-refractivity contribution in [1.29, 1.82) is 0 Å². The van der Waals surface area contributed by atoms with Crippen LogP contribution in [0.2, 0.25) is 0 Å². The van der Waals surface area contributed by atoms with Crippen molar-refractivity contribution >= 4 is 11.9 Å². The van der Waals surface area contributed by atoms with E-state index in [-0.39, 0.29) is 23.3 Å². The summed E-state index contributed by atoms with van der Waals surface area (Å²) >= 11 is 0. The van der Waals surface area contributed by atoms with E-state index in [0.29, 0.717) is 6.42 Å². The molecule has 6 nitrogen and oxygen atoms in total. The first kappa shape index (κ1) is 18.4. The van der Waals surface area contributed by atoms with Crippen molar-refractivity contribution in [2.45, 2.75) is 63.1 Å². The molecule has 1 atom stereocenters. The van der Waals surface area contributed by atoms with Gasteiger partial charge in [0.05, 0.1) is 5.54 Å². The molecule has 1 unspecified atom stereocenters. The lowest BCUT2D eigenvalue weighted by Gasteiger charge is -2.66. The molecule has 6 aliphatic rings. The number of carbonyl (C=O) groups is 2. The maximum absolute atomic E-state index is 13.4. The predicted octanol–water partition coefficient (Wildman–Crippen LogP) is 3.39. The van der Waals surface area contributed by atoms with E-state index in [0.717, 1.165) is 68.7 Å². The Morgan fingerprint density at radius 3 is 2.50 bits per heavy atom. The molecule has 7 rings (SSSR count). The highest BCUT2D eigenvalue weighted by molar-refractivity contribution is 5.92. The van der Waals surface area contributed by atoms with Crippen LogP contribution in [0.25, 0.3) is 0 Å². The molecule has 0 radical (unpaired) electrons. The third-order valence-corrected chi connectivity index (χ3v) is 8.10. The third kappa shape index (κ3) is 2.73. The van der Waals surface area contributed by atoms with Crippen LogP contribution >= 0.6 is 0 Å². The number of amides is 1. The molecule has 2 heterocycles. The van der Waals surface area contributed by atoms with Gasteiger partial charge in [0.15, 0.2) is 5.78 Å². The highest BCUT2D eigenvalue weighted by Crippen LogP contribution is 2.63. The molecular formula is C24H29N3O3. The Hall–Kier alpha value is -2.34. The monoisotopic (exact) mass is 407 g/mol. The fourth-order valence-electron chi connectivity index (χ4n) is 6.39. The summed E-state index contributed by atoms with van der Waals surface area (Å²) in [4.78, 5) is 26.7. The Morgan fingerprint density at radius 2 is 1.83 bits per heavy atom. The molecule has 4 saturated carbocycles. The maximum Gasteiger partial charge on any atom is 0.430 e. The van der Waals surface area contributed by atoms with Crippen LogP contribution in [0.5, 0.6) is 0 Å². The number of nitrogens with one attached hydrogen (secondary N) is 1. The zero-order valence-corrected chi connectivity index (χ0v) is 17.3. The Kier molecular flexibility index (Phi) is 4.04. The molecule has 2 bridgehead atoms. The van der Waals surface area contributed by atoms with Gasteiger partial charge < -0.3 is 10.1 Å². The lowest BCUT2D eigenvalue weighted by molar-refractivity contribution is -0.195. The lowest BCUT2D eigenvalue weighted by atomic mass is 9.49. The van der Waals surface area contributed by atoms with Crippen LogP contribution in [0.15, 0.2) is 42.1 Å². The number of nitrogens with zero attached hydrogens (tertiary/aromatic N) is 2. The third-order valence-electron chi connectivity index (χ3n) is 8.10. The smallest absolute Gasteiger partial charge is 0.430 e. The number of carbonyl (C=O) groups excluding carboxylic acids is 2. The van der Waals surface area contributed by atoms with E-state index in [1.165, 1.54) is 0 Å². The molecule has 2 aliphatic heterocycles. The summed E-state index contributed by atoms with van der Waals surface area (Å²) in [5, 5.41) is 7.20. The lowest BCUT2D eigenvalue weighted by Crippen LogP contribution is -2.71. The molecular weight excluding hydrogens is 378 g/mol. The molecule has 1 N–H and O–H groups in total. The van der Waals surface area contributed by atoms with Crippen LogP contribution < -0.4 is 5.32 Å². The number of hydrogen-bond acceptors (Lipinski definition) is 5. The van der Waals surface area contributed by atoms with Gasteiger partial charge in [0.25, 0.3) is 0 Å². The summed E-state index contributed by atoms with van der Waals surface area (Å²) in [6.07, 6.45) is 8.67. The number of piperidine rings is 1. The second-order valence-corrected chi connectivity index (χ2v) is 10.1. The van der Waals surface area contributed by atoms with Crippen LogP contribution in [-0.2, 0) is 16.1 Å². The quantitative estimate of drug-likeness (QED) is 0.832. The highest BCUT2D eigenvalue weighted by Gasteiger charge is 2.64. The molecule has 1 saturated heterocycles. The van der Waals surface area contributed by atoms with Gasteiger partial charge in [-0.3, -0.25) is 9.80 Å². The molecule has 5 fully saturated rings. The van der Waals surface area contributed by atoms with E-state index in [9.17, 15) is 9.59 Å². The fourth-order valence-corrected chi connectivity index (χ4v) is 6.39. The number of fused-ring (bicyclic) bond motifs is 1. The second kappa shape index (κ2) is 6.58. The van der Waals surface area contributed by atoms with E-state index in [2.05, 4.69) is 16.5 Å². The van der Waals surface area contributed by atoms with Crippen molar-refractivity contribution in [2.24, 2.45) is 11.3 Å². The molecule has 30 heavy (non-hydrogen) atoms. The summed E-state index contributed by atoms with van der Waals surface area (Å²) in [6.45, 7) is 2.18.